The largest absolute Gasteiger partial charge is 0.308 e. The van der Waals surface area contributed by atoms with Crippen LogP contribution in [-0.4, -0.2) is 19.5 Å². The quantitative estimate of drug-likeness (QED) is 0.184. The molecule has 230 valence electrons. The number of hydrogen-bond acceptors (Lipinski definition) is 3. The molecule has 0 saturated heterocycles. The maximum atomic E-state index is 5.12. The average Bonchev–Trinajstić information content (AvgIpc) is 3.52. The minimum atomic E-state index is 0.622. The van der Waals surface area contributed by atoms with Gasteiger partial charge in [-0.15, -0.1) is 0 Å². The van der Waals surface area contributed by atoms with Crippen molar-refractivity contribution in [1.82, 2.24) is 19.5 Å². The fourth-order valence-electron chi connectivity index (χ4n) is 6.69. The van der Waals surface area contributed by atoms with Crippen LogP contribution in [-0.2, 0) is 0 Å². The number of rotatable bonds is 6. The summed E-state index contributed by atoms with van der Waals surface area (Å²) in [5.41, 5.74) is 10.7. The number of fused-ring (bicyclic) bond motifs is 3. The van der Waals surface area contributed by atoms with Gasteiger partial charge in [0.1, 0.15) is 0 Å². The van der Waals surface area contributed by atoms with Crippen molar-refractivity contribution in [3.63, 3.8) is 0 Å². The third-order valence-electron chi connectivity index (χ3n) is 9.07. The van der Waals surface area contributed by atoms with Crippen LogP contribution >= 0.6 is 0 Å². The summed E-state index contributed by atoms with van der Waals surface area (Å²) in [4.78, 5) is 15.2. The first-order chi connectivity index (χ1) is 24.3. The predicted molar refractivity (Wildman–Crippen MR) is 201 cm³/mol. The van der Waals surface area contributed by atoms with Crippen LogP contribution in [0, 0.1) is 0 Å². The van der Waals surface area contributed by atoms with Gasteiger partial charge in [0, 0.05) is 27.5 Å². The summed E-state index contributed by atoms with van der Waals surface area (Å²) in [5.74, 6) is 1.90. The maximum absolute atomic E-state index is 5.12. The molecule has 0 atom stereocenters. The number of para-hydroxylation sites is 1. The molecule has 0 spiro atoms. The molecule has 9 rings (SSSR count). The van der Waals surface area contributed by atoms with Gasteiger partial charge < -0.3 is 4.57 Å². The molecule has 7 aromatic carbocycles. The number of hydrogen-bond donors (Lipinski definition) is 0. The molecule has 0 fully saturated rings. The van der Waals surface area contributed by atoms with Gasteiger partial charge in [0.25, 0.3) is 0 Å². The van der Waals surface area contributed by atoms with Crippen LogP contribution in [0.3, 0.4) is 0 Å². The second-order valence-electron chi connectivity index (χ2n) is 12.1. The van der Waals surface area contributed by atoms with Gasteiger partial charge in [0.2, 0.25) is 0 Å². The van der Waals surface area contributed by atoms with Crippen molar-refractivity contribution in [3.8, 4) is 62.1 Å². The van der Waals surface area contributed by atoms with Crippen molar-refractivity contribution in [2.24, 2.45) is 0 Å². The molecule has 4 heteroatoms. The third kappa shape index (κ3) is 5.26. The summed E-state index contributed by atoms with van der Waals surface area (Å²) in [6, 6.07) is 63.4. The Labute approximate surface area is 284 Å². The zero-order valence-electron chi connectivity index (χ0n) is 26.6. The van der Waals surface area contributed by atoms with Crippen molar-refractivity contribution in [2.75, 3.05) is 0 Å². The van der Waals surface area contributed by atoms with E-state index in [9.17, 15) is 0 Å². The van der Waals surface area contributed by atoms with Crippen LogP contribution in [0.5, 0.6) is 0 Å². The standard InChI is InChI=1S/C45H30N4/c1-5-15-31(16-6-1)35-25-27-37-38-28-26-36(32-17-7-2-8-18-32)30-42(38)49(41(37)29-35)40-24-14-13-23-39(40)45-47-43(33-19-9-3-10-20-33)46-44(48-45)34-21-11-4-12-22-34/h1-30H. The first-order valence-corrected chi connectivity index (χ1v) is 16.5. The number of nitrogens with zero attached hydrogens (tertiary/aromatic N) is 4. The van der Waals surface area contributed by atoms with E-state index in [-0.39, 0.29) is 0 Å². The van der Waals surface area contributed by atoms with Gasteiger partial charge in [-0.3, -0.25) is 0 Å². The second kappa shape index (κ2) is 12.2. The Morgan fingerprint density at radius 2 is 0.694 bits per heavy atom. The molecule has 0 aliphatic rings. The van der Waals surface area contributed by atoms with Crippen molar-refractivity contribution in [2.45, 2.75) is 0 Å². The van der Waals surface area contributed by atoms with Crippen molar-refractivity contribution in [3.05, 3.63) is 182 Å². The Balaban J connectivity index is 1.33. The highest BCUT2D eigenvalue weighted by Gasteiger charge is 2.20. The molecule has 0 aliphatic heterocycles. The summed E-state index contributed by atoms with van der Waals surface area (Å²) >= 11 is 0. The number of benzene rings is 7. The number of aromatic nitrogens is 4. The first kappa shape index (κ1) is 28.6. The van der Waals surface area contributed by atoms with E-state index in [2.05, 4.69) is 126 Å². The molecule has 49 heavy (non-hydrogen) atoms. The molecular formula is C45H30N4. The average molecular weight is 627 g/mol. The van der Waals surface area contributed by atoms with Crippen molar-refractivity contribution in [1.29, 1.82) is 0 Å². The zero-order chi connectivity index (χ0) is 32.6. The first-order valence-electron chi connectivity index (χ1n) is 16.5. The fraction of sp³-hybridized carbons (Fsp3) is 0. The lowest BCUT2D eigenvalue weighted by molar-refractivity contribution is 1.06. The third-order valence-corrected chi connectivity index (χ3v) is 9.07. The summed E-state index contributed by atoms with van der Waals surface area (Å²) in [6.45, 7) is 0. The Kier molecular flexibility index (Phi) is 7.10. The molecule has 4 nitrogen and oxygen atoms in total. The van der Waals surface area contributed by atoms with E-state index in [1.807, 2.05) is 60.7 Å². The lowest BCUT2D eigenvalue weighted by Crippen LogP contribution is -2.03. The topological polar surface area (TPSA) is 43.6 Å². The molecule has 0 radical (unpaired) electrons. The molecular weight excluding hydrogens is 597 g/mol. The lowest BCUT2D eigenvalue weighted by Gasteiger charge is -2.15. The summed E-state index contributed by atoms with van der Waals surface area (Å²) in [7, 11) is 0. The minimum absolute atomic E-state index is 0.622. The van der Waals surface area contributed by atoms with E-state index in [0.29, 0.717) is 17.5 Å². The fourth-order valence-corrected chi connectivity index (χ4v) is 6.69. The highest BCUT2D eigenvalue weighted by molar-refractivity contribution is 6.11. The summed E-state index contributed by atoms with van der Waals surface area (Å²) in [5, 5.41) is 2.38. The van der Waals surface area contributed by atoms with E-state index in [4.69, 9.17) is 15.0 Å². The summed E-state index contributed by atoms with van der Waals surface area (Å²) in [6.07, 6.45) is 0. The van der Waals surface area contributed by atoms with E-state index >= 15 is 0 Å². The predicted octanol–water partition coefficient (Wildman–Crippen LogP) is 11.3. The van der Waals surface area contributed by atoms with Crippen LogP contribution in [0.4, 0.5) is 0 Å². The highest BCUT2D eigenvalue weighted by atomic mass is 15.1. The smallest absolute Gasteiger partial charge is 0.166 e. The lowest BCUT2D eigenvalue weighted by atomic mass is 10.0. The Morgan fingerprint density at radius 1 is 0.306 bits per heavy atom. The highest BCUT2D eigenvalue weighted by Crippen LogP contribution is 2.39. The van der Waals surface area contributed by atoms with Gasteiger partial charge in [0.05, 0.1) is 16.7 Å². The molecule has 2 aromatic heterocycles. The molecule has 9 aromatic rings. The van der Waals surface area contributed by atoms with Crippen LogP contribution in [0.2, 0.25) is 0 Å². The van der Waals surface area contributed by atoms with E-state index in [1.165, 1.54) is 21.9 Å². The van der Waals surface area contributed by atoms with Gasteiger partial charge in [-0.2, -0.15) is 0 Å². The minimum Gasteiger partial charge on any atom is -0.308 e. The van der Waals surface area contributed by atoms with Crippen LogP contribution in [0.25, 0.3) is 83.9 Å². The van der Waals surface area contributed by atoms with E-state index in [1.54, 1.807) is 0 Å². The van der Waals surface area contributed by atoms with E-state index < -0.39 is 0 Å². The normalized spacial score (nSPS) is 11.3. The van der Waals surface area contributed by atoms with Gasteiger partial charge >= 0.3 is 0 Å². The van der Waals surface area contributed by atoms with Crippen molar-refractivity contribution >= 4 is 21.8 Å². The molecule has 0 bridgehead atoms. The van der Waals surface area contributed by atoms with Gasteiger partial charge in [-0.1, -0.05) is 158 Å². The van der Waals surface area contributed by atoms with Gasteiger partial charge in [-0.05, 0) is 46.5 Å². The maximum Gasteiger partial charge on any atom is 0.166 e. The monoisotopic (exact) mass is 626 g/mol. The molecule has 0 aliphatic carbocycles. The Hall–Kier alpha value is -6.65. The molecule has 2 heterocycles. The second-order valence-corrected chi connectivity index (χ2v) is 12.1. The van der Waals surface area contributed by atoms with Crippen LogP contribution in [0.1, 0.15) is 0 Å². The Morgan fingerprint density at radius 3 is 1.16 bits per heavy atom. The van der Waals surface area contributed by atoms with Crippen LogP contribution < -0.4 is 0 Å². The Bertz CT molecular complexity index is 2420. The zero-order valence-corrected chi connectivity index (χ0v) is 26.6. The van der Waals surface area contributed by atoms with Gasteiger partial charge in [0.15, 0.2) is 17.5 Å². The molecule has 0 unspecified atom stereocenters. The SMILES string of the molecule is c1ccc(-c2ccc3c4ccc(-c5ccccc5)cc4n(-c4ccccc4-c4nc(-c5ccccc5)nc(-c5ccccc5)n4)c3c2)cc1. The van der Waals surface area contributed by atoms with Crippen LogP contribution in [0.15, 0.2) is 182 Å². The van der Waals surface area contributed by atoms with Gasteiger partial charge in [-0.25, -0.2) is 15.0 Å². The summed E-state index contributed by atoms with van der Waals surface area (Å²) < 4.78 is 2.38. The van der Waals surface area contributed by atoms with E-state index in [0.717, 1.165) is 44.5 Å². The molecule has 0 N–H and O–H groups in total. The molecule has 0 saturated carbocycles. The van der Waals surface area contributed by atoms with Crippen molar-refractivity contribution < 1.29 is 0 Å². The molecule has 0 amide bonds.